The Morgan fingerprint density at radius 1 is 1.24 bits per heavy atom. The molecule has 0 aliphatic carbocycles. The Bertz CT molecular complexity index is 1540. The number of hydrogen-bond acceptors (Lipinski definition) is 12. The Morgan fingerprint density at radius 2 is 1.90 bits per heavy atom. The van der Waals surface area contributed by atoms with E-state index in [1.807, 2.05) is 6.07 Å². The molecule has 0 saturated carbocycles. The summed E-state index contributed by atoms with van der Waals surface area (Å²) in [5.41, 5.74) is 12.2. The Morgan fingerprint density at radius 3 is 2.55 bits per heavy atom. The molecule has 2 aromatic carbocycles. The lowest BCUT2D eigenvalue weighted by atomic mass is 10.1. The summed E-state index contributed by atoms with van der Waals surface area (Å²) in [6, 6.07) is 16.7. The number of carbonyl (C=O) groups excluding carboxylic acids is 1. The van der Waals surface area contributed by atoms with E-state index < -0.39 is 56.2 Å². The number of esters is 1. The summed E-state index contributed by atoms with van der Waals surface area (Å²) in [5.74, 6) is -0.802. The van der Waals surface area contributed by atoms with Crippen molar-refractivity contribution >= 4 is 19.5 Å². The molecule has 5 N–H and O–H groups in total. The number of ether oxygens (including phenoxy) is 2. The van der Waals surface area contributed by atoms with E-state index in [9.17, 15) is 29.9 Å². The van der Waals surface area contributed by atoms with Crippen LogP contribution >= 0.6 is 7.75 Å². The number of nitrogens with one attached hydrogen (secondary N) is 1. The van der Waals surface area contributed by atoms with E-state index in [1.165, 1.54) is 25.1 Å². The summed E-state index contributed by atoms with van der Waals surface area (Å²) in [6.45, 7) is 0.364. The van der Waals surface area contributed by atoms with Gasteiger partial charge < -0.3 is 29.9 Å². The first-order chi connectivity index (χ1) is 20.1. The number of carbonyl (C=O) groups is 1. The van der Waals surface area contributed by atoms with Crippen LogP contribution in [0.15, 0.2) is 82.8 Å². The van der Waals surface area contributed by atoms with Gasteiger partial charge in [0.05, 0.1) is 6.61 Å². The van der Waals surface area contributed by atoms with Crippen LogP contribution in [-0.2, 0) is 30.0 Å². The zero-order valence-electron chi connectivity index (χ0n) is 22.2. The second-order valence-electron chi connectivity index (χ2n) is 9.14. The van der Waals surface area contributed by atoms with Gasteiger partial charge in [-0.3, -0.25) is 13.9 Å². The number of nitrogen functional groups attached to an aromatic ring is 1. The van der Waals surface area contributed by atoms with Crippen molar-refractivity contribution in [1.82, 2.24) is 14.6 Å². The second-order valence-corrected chi connectivity index (χ2v) is 10.8. The number of rotatable bonds is 12. The van der Waals surface area contributed by atoms with E-state index in [1.54, 1.807) is 42.5 Å². The average molecular weight is 602 g/mol. The highest BCUT2D eigenvalue weighted by Crippen LogP contribution is 2.48. The van der Waals surface area contributed by atoms with Gasteiger partial charge >= 0.3 is 19.4 Å². The normalized spacial score (nSPS) is 23.7. The first-order valence-corrected chi connectivity index (χ1v) is 14.0. The SMILES string of the molecule is C[C@@H](NP(=O)(OC[C@@]1(N=[N+]=[N-])O[C@@H](n2ccc(N)nc2=O)[C@H](O)[C@@H]1O)Oc1ccccc1)C(=O)OCc1ccccc1. The van der Waals surface area contributed by atoms with Gasteiger partial charge in [0, 0.05) is 11.1 Å². The fourth-order valence-corrected chi connectivity index (χ4v) is 5.46. The maximum atomic E-state index is 13.9. The number of hydrogen-bond donors (Lipinski definition) is 4. The molecule has 1 aliphatic rings. The van der Waals surface area contributed by atoms with Gasteiger partial charge in [0.15, 0.2) is 6.23 Å². The van der Waals surface area contributed by atoms with Crippen molar-refractivity contribution in [3.63, 3.8) is 0 Å². The summed E-state index contributed by atoms with van der Waals surface area (Å²) in [5, 5.41) is 27.5. The summed E-state index contributed by atoms with van der Waals surface area (Å²) in [6.07, 6.45) is -4.23. The van der Waals surface area contributed by atoms with E-state index in [0.717, 1.165) is 16.3 Å². The van der Waals surface area contributed by atoms with Crippen molar-refractivity contribution in [2.45, 2.75) is 43.7 Å². The lowest BCUT2D eigenvalue weighted by molar-refractivity contribution is -0.146. The van der Waals surface area contributed by atoms with Gasteiger partial charge in [-0.25, -0.2) is 9.36 Å². The summed E-state index contributed by atoms with van der Waals surface area (Å²) >= 11 is 0. The molecule has 3 aromatic rings. The van der Waals surface area contributed by atoms with Gasteiger partial charge in [0.1, 0.15) is 36.4 Å². The first kappa shape index (κ1) is 30.7. The van der Waals surface area contributed by atoms with Gasteiger partial charge in [0.2, 0.25) is 5.72 Å². The lowest BCUT2D eigenvalue weighted by Gasteiger charge is -2.29. The van der Waals surface area contributed by atoms with Crippen LogP contribution in [0.2, 0.25) is 0 Å². The summed E-state index contributed by atoms with van der Waals surface area (Å²) in [4.78, 5) is 31.3. The van der Waals surface area contributed by atoms with Crippen LogP contribution < -0.4 is 21.0 Å². The third-order valence-corrected chi connectivity index (χ3v) is 7.71. The minimum absolute atomic E-state index is 0.0466. The van der Waals surface area contributed by atoms with Gasteiger partial charge in [-0.1, -0.05) is 53.6 Å². The molecule has 16 nitrogen and oxygen atoms in total. The van der Waals surface area contributed by atoms with Crippen LogP contribution in [0.3, 0.4) is 0 Å². The van der Waals surface area contributed by atoms with Crippen LogP contribution in [0.1, 0.15) is 18.7 Å². The molecule has 6 atom stereocenters. The molecule has 0 radical (unpaired) electrons. The predicted octanol–water partition coefficient (Wildman–Crippen LogP) is 2.01. The Balaban J connectivity index is 1.55. The number of aliphatic hydroxyl groups is 2. The van der Waals surface area contributed by atoms with Gasteiger partial charge in [0.25, 0.3) is 0 Å². The topological polar surface area (TPSA) is 233 Å². The van der Waals surface area contributed by atoms with Crippen molar-refractivity contribution in [3.05, 3.63) is 99.4 Å². The van der Waals surface area contributed by atoms with Crippen molar-refractivity contribution in [2.24, 2.45) is 5.11 Å². The minimum Gasteiger partial charge on any atom is -0.460 e. The first-order valence-electron chi connectivity index (χ1n) is 12.5. The quantitative estimate of drug-likeness (QED) is 0.0767. The molecule has 42 heavy (non-hydrogen) atoms. The molecule has 4 rings (SSSR count). The highest BCUT2D eigenvalue weighted by atomic mass is 31.2. The molecule has 1 unspecified atom stereocenters. The minimum atomic E-state index is -4.52. The van der Waals surface area contributed by atoms with E-state index in [-0.39, 0.29) is 18.2 Å². The molecular weight excluding hydrogens is 573 g/mol. The maximum Gasteiger partial charge on any atom is 0.459 e. The van der Waals surface area contributed by atoms with Crippen LogP contribution in [0.25, 0.3) is 10.4 Å². The Labute approximate surface area is 238 Å². The molecule has 0 bridgehead atoms. The van der Waals surface area contributed by atoms with Crippen molar-refractivity contribution in [3.8, 4) is 5.75 Å². The standard InChI is InChI=1S/C25H28N7O9P/c1-16(23(35)38-14-17-8-4-2-5-9-17)29-42(37,41-18-10-6-3-7-11-18)39-15-25(30-31-27)21(34)20(33)22(40-25)32-13-12-19(26)28-24(32)36/h2-13,16,20-22,33-34H,14-15H2,1H3,(H,29,37)(H2,26,28,36)/t16-,20-,21+,22-,25-,42?/m1/s1. The number of azide groups is 1. The van der Waals surface area contributed by atoms with Gasteiger partial charge in [-0.05, 0) is 36.2 Å². The van der Waals surface area contributed by atoms with E-state index in [2.05, 4.69) is 20.1 Å². The smallest absolute Gasteiger partial charge is 0.459 e. The zero-order valence-corrected chi connectivity index (χ0v) is 23.1. The van der Waals surface area contributed by atoms with E-state index >= 15 is 0 Å². The maximum absolute atomic E-state index is 13.9. The number of aliphatic hydroxyl groups excluding tert-OH is 2. The molecular formula is C25H28N7O9P. The van der Waals surface area contributed by atoms with Crippen LogP contribution in [-0.4, -0.2) is 56.3 Å². The van der Waals surface area contributed by atoms with E-state index in [4.69, 9.17) is 24.3 Å². The van der Waals surface area contributed by atoms with Crippen LogP contribution in [0, 0.1) is 0 Å². The van der Waals surface area contributed by atoms with Gasteiger partial charge in [-0.15, -0.1) is 0 Å². The Hall–Kier alpha value is -4.27. The fraction of sp³-hybridized carbons (Fsp3) is 0.320. The fourth-order valence-electron chi connectivity index (χ4n) is 3.95. The number of nitrogens with two attached hydrogens (primary N) is 1. The van der Waals surface area contributed by atoms with Crippen molar-refractivity contribution in [2.75, 3.05) is 12.3 Å². The Kier molecular flexibility index (Phi) is 9.60. The largest absolute Gasteiger partial charge is 0.460 e. The molecule has 1 aliphatic heterocycles. The number of aromatic nitrogens is 2. The number of benzene rings is 2. The number of nitrogens with zero attached hydrogens (tertiary/aromatic N) is 5. The molecule has 222 valence electrons. The van der Waals surface area contributed by atoms with Gasteiger partial charge in [-0.2, -0.15) is 10.1 Å². The molecule has 1 saturated heterocycles. The molecule has 1 fully saturated rings. The molecule has 17 heteroatoms. The number of anilines is 1. The highest BCUT2D eigenvalue weighted by molar-refractivity contribution is 7.52. The summed E-state index contributed by atoms with van der Waals surface area (Å²) < 4.78 is 36.8. The van der Waals surface area contributed by atoms with Crippen LogP contribution in [0.5, 0.6) is 5.75 Å². The molecule has 2 heterocycles. The second kappa shape index (κ2) is 13.1. The molecule has 0 amide bonds. The summed E-state index contributed by atoms with van der Waals surface area (Å²) in [7, 11) is -4.52. The monoisotopic (exact) mass is 601 g/mol. The van der Waals surface area contributed by atoms with Crippen molar-refractivity contribution < 1.29 is 38.1 Å². The van der Waals surface area contributed by atoms with Crippen LogP contribution in [0.4, 0.5) is 5.82 Å². The van der Waals surface area contributed by atoms with Crippen molar-refractivity contribution in [1.29, 1.82) is 0 Å². The lowest BCUT2D eigenvalue weighted by Crippen LogP contribution is -2.45. The third kappa shape index (κ3) is 7.13. The molecule has 1 aromatic heterocycles. The predicted molar refractivity (Wildman–Crippen MR) is 146 cm³/mol. The average Bonchev–Trinajstić information content (AvgIpc) is 3.21. The molecule has 0 spiro atoms. The number of para-hydroxylation sites is 1. The third-order valence-electron chi connectivity index (χ3n) is 6.08. The van der Waals surface area contributed by atoms with E-state index in [0.29, 0.717) is 0 Å². The zero-order chi connectivity index (χ0) is 30.3. The highest BCUT2D eigenvalue weighted by Gasteiger charge is 2.56.